The minimum atomic E-state index is -0.959. The summed E-state index contributed by atoms with van der Waals surface area (Å²) in [4.78, 5) is 0. The Hall–Kier alpha value is -1.81. The highest BCUT2D eigenvalue weighted by atomic mass is 19.1. The van der Waals surface area contributed by atoms with Crippen LogP contribution < -0.4 is 5.73 Å². The highest BCUT2D eigenvalue weighted by molar-refractivity contribution is 5.37. The molecule has 0 heterocycles. The normalized spacial score (nSPS) is 12.5. The Morgan fingerprint density at radius 3 is 2.26 bits per heavy atom. The van der Waals surface area contributed by atoms with Crippen molar-refractivity contribution in [2.24, 2.45) is 5.73 Å². The van der Waals surface area contributed by atoms with E-state index < -0.39 is 23.5 Å². The van der Waals surface area contributed by atoms with Crippen molar-refractivity contribution in [2.45, 2.75) is 19.9 Å². The summed E-state index contributed by atoms with van der Waals surface area (Å²) in [7, 11) is 0. The molecule has 0 aliphatic heterocycles. The Kier molecular flexibility index (Phi) is 3.62. The van der Waals surface area contributed by atoms with Crippen molar-refractivity contribution < 1.29 is 13.2 Å². The topological polar surface area (TPSA) is 26.0 Å². The summed E-state index contributed by atoms with van der Waals surface area (Å²) in [5.41, 5.74) is 6.90. The summed E-state index contributed by atoms with van der Waals surface area (Å²) in [5.74, 6) is -1.87. The van der Waals surface area contributed by atoms with Gasteiger partial charge in [-0.2, -0.15) is 0 Å². The third-order valence-corrected chi connectivity index (χ3v) is 3.17. The number of rotatable bonds is 2. The van der Waals surface area contributed by atoms with E-state index in [0.29, 0.717) is 5.56 Å². The molecule has 1 nitrogen and oxygen atoms in total. The minimum absolute atomic E-state index is 0.0865. The molecular weight excluding hydrogens is 251 g/mol. The Labute approximate surface area is 109 Å². The summed E-state index contributed by atoms with van der Waals surface area (Å²) in [6, 6.07) is 5.90. The molecule has 0 aliphatic rings. The number of hydrogen-bond donors (Lipinski definition) is 1. The van der Waals surface area contributed by atoms with Gasteiger partial charge in [0, 0.05) is 17.2 Å². The van der Waals surface area contributed by atoms with Crippen LogP contribution in [-0.2, 0) is 0 Å². The second-order valence-electron chi connectivity index (χ2n) is 4.58. The van der Waals surface area contributed by atoms with E-state index in [1.807, 2.05) is 0 Å². The Morgan fingerprint density at radius 1 is 0.895 bits per heavy atom. The standard InChI is InChI=1S/C15H14F3N/c1-8-4-3-5-10(14(8)18)15(19)11-6-9(2)12(16)7-13(11)17/h3-7,15H,19H2,1-2H3. The molecule has 2 aromatic carbocycles. The second-order valence-corrected chi connectivity index (χ2v) is 4.58. The van der Waals surface area contributed by atoms with Crippen molar-refractivity contribution in [3.8, 4) is 0 Å². The zero-order chi connectivity index (χ0) is 14.2. The van der Waals surface area contributed by atoms with Gasteiger partial charge in [0.05, 0.1) is 6.04 Å². The van der Waals surface area contributed by atoms with Gasteiger partial charge >= 0.3 is 0 Å². The van der Waals surface area contributed by atoms with Crippen molar-refractivity contribution in [3.05, 3.63) is 70.0 Å². The third kappa shape index (κ3) is 2.49. The summed E-state index contributed by atoms with van der Waals surface area (Å²) >= 11 is 0. The SMILES string of the molecule is Cc1cc(C(N)c2cccc(C)c2F)c(F)cc1F. The first-order chi connectivity index (χ1) is 8.91. The van der Waals surface area contributed by atoms with Gasteiger partial charge in [0.15, 0.2) is 0 Å². The van der Waals surface area contributed by atoms with E-state index in [4.69, 9.17) is 5.73 Å². The molecule has 0 amide bonds. The predicted molar refractivity (Wildman–Crippen MR) is 68.3 cm³/mol. The third-order valence-electron chi connectivity index (χ3n) is 3.17. The molecule has 19 heavy (non-hydrogen) atoms. The summed E-state index contributed by atoms with van der Waals surface area (Å²) in [6.45, 7) is 3.12. The highest BCUT2D eigenvalue weighted by Crippen LogP contribution is 2.27. The lowest BCUT2D eigenvalue weighted by Gasteiger charge is -2.16. The van der Waals surface area contributed by atoms with Crippen LogP contribution in [0.5, 0.6) is 0 Å². The first-order valence-electron chi connectivity index (χ1n) is 5.88. The highest BCUT2D eigenvalue weighted by Gasteiger charge is 2.19. The van der Waals surface area contributed by atoms with Gasteiger partial charge in [0.1, 0.15) is 17.5 Å². The van der Waals surface area contributed by atoms with Crippen LogP contribution in [0.15, 0.2) is 30.3 Å². The first kappa shape index (κ1) is 13.6. The molecule has 0 radical (unpaired) electrons. The summed E-state index contributed by atoms with van der Waals surface area (Å²) < 4.78 is 40.9. The second kappa shape index (κ2) is 5.05. The van der Waals surface area contributed by atoms with Crippen molar-refractivity contribution in [3.63, 3.8) is 0 Å². The van der Waals surface area contributed by atoms with E-state index in [2.05, 4.69) is 0 Å². The summed E-state index contributed by atoms with van der Waals surface area (Å²) in [5, 5.41) is 0. The monoisotopic (exact) mass is 265 g/mol. The first-order valence-corrected chi connectivity index (χ1v) is 5.88. The lowest BCUT2D eigenvalue weighted by molar-refractivity contribution is 0.551. The molecular formula is C15H14F3N. The zero-order valence-electron chi connectivity index (χ0n) is 10.7. The zero-order valence-corrected chi connectivity index (χ0v) is 10.7. The fourth-order valence-corrected chi connectivity index (χ4v) is 2.00. The van der Waals surface area contributed by atoms with Gasteiger partial charge in [-0.3, -0.25) is 0 Å². The van der Waals surface area contributed by atoms with Crippen LogP contribution >= 0.6 is 0 Å². The fourth-order valence-electron chi connectivity index (χ4n) is 2.00. The lowest BCUT2D eigenvalue weighted by Crippen LogP contribution is -2.16. The van der Waals surface area contributed by atoms with Crippen LogP contribution in [0, 0.1) is 31.3 Å². The van der Waals surface area contributed by atoms with Crippen LogP contribution in [-0.4, -0.2) is 0 Å². The van der Waals surface area contributed by atoms with Crippen molar-refractivity contribution in [1.29, 1.82) is 0 Å². The van der Waals surface area contributed by atoms with Crippen molar-refractivity contribution >= 4 is 0 Å². The van der Waals surface area contributed by atoms with Gasteiger partial charge in [-0.1, -0.05) is 18.2 Å². The van der Waals surface area contributed by atoms with E-state index in [-0.39, 0.29) is 16.7 Å². The number of hydrogen-bond acceptors (Lipinski definition) is 1. The maximum Gasteiger partial charge on any atom is 0.131 e. The van der Waals surface area contributed by atoms with E-state index in [0.717, 1.165) is 6.07 Å². The van der Waals surface area contributed by atoms with Gasteiger partial charge in [-0.05, 0) is 31.0 Å². The molecule has 0 aliphatic carbocycles. The predicted octanol–water partition coefficient (Wildman–Crippen LogP) is 3.77. The van der Waals surface area contributed by atoms with E-state index >= 15 is 0 Å². The quantitative estimate of drug-likeness (QED) is 0.878. The number of aryl methyl sites for hydroxylation is 2. The van der Waals surface area contributed by atoms with E-state index in [1.54, 1.807) is 19.1 Å². The minimum Gasteiger partial charge on any atom is -0.320 e. The van der Waals surface area contributed by atoms with Crippen LogP contribution in [0.3, 0.4) is 0 Å². The molecule has 2 aromatic rings. The van der Waals surface area contributed by atoms with Gasteiger partial charge in [0.2, 0.25) is 0 Å². The van der Waals surface area contributed by atoms with Gasteiger partial charge in [0.25, 0.3) is 0 Å². The van der Waals surface area contributed by atoms with Crippen LogP contribution in [0.1, 0.15) is 28.3 Å². The molecule has 0 saturated heterocycles. The molecule has 0 aromatic heterocycles. The molecule has 2 N–H and O–H groups in total. The van der Waals surface area contributed by atoms with Crippen LogP contribution in [0.2, 0.25) is 0 Å². The Morgan fingerprint density at radius 2 is 1.58 bits per heavy atom. The van der Waals surface area contributed by atoms with E-state index in [9.17, 15) is 13.2 Å². The van der Waals surface area contributed by atoms with E-state index in [1.165, 1.54) is 19.1 Å². The fraction of sp³-hybridized carbons (Fsp3) is 0.200. The maximum atomic E-state index is 14.0. The number of halogens is 3. The molecule has 0 fully saturated rings. The molecule has 0 spiro atoms. The average molecular weight is 265 g/mol. The van der Waals surface area contributed by atoms with Crippen LogP contribution in [0.25, 0.3) is 0 Å². The van der Waals surface area contributed by atoms with Crippen molar-refractivity contribution in [2.75, 3.05) is 0 Å². The lowest BCUT2D eigenvalue weighted by atomic mass is 9.95. The smallest absolute Gasteiger partial charge is 0.131 e. The molecule has 0 bridgehead atoms. The molecule has 2 rings (SSSR count). The maximum absolute atomic E-state index is 14.0. The molecule has 1 unspecified atom stereocenters. The molecule has 1 atom stereocenters. The van der Waals surface area contributed by atoms with Gasteiger partial charge < -0.3 is 5.73 Å². The van der Waals surface area contributed by atoms with Gasteiger partial charge in [-0.25, -0.2) is 13.2 Å². The molecule has 0 saturated carbocycles. The Bertz CT molecular complexity index is 623. The van der Waals surface area contributed by atoms with Crippen molar-refractivity contribution in [1.82, 2.24) is 0 Å². The molecule has 4 heteroatoms. The number of benzene rings is 2. The van der Waals surface area contributed by atoms with Crippen LogP contribution in [0.4, 0.5) is 13.2 Å². The number of nitrogens with two attached hydrogens (primary N) is 1. The largest absolute Gasteiger partial charge is 0.320 e. The van der Waals surface area contributed by atoms with Gasteiger partial charge in [-0.15, -0.1) is 0 Å². The Balaban J connectivity index is 2.53. The average Bonchev–Trinajstić information content (AvgIpc) is 2.36. The summed E-state index contributed by atoms with van der Waals surface area (Å²) in [6.07, 6.45) is 0. The molecule has 100 valence electrons.